The summed E-state index contributed by atoms with van der Waals surface area (Å²) < 4.78 is 20.0. The third kappa shape index (κ3) is 2.88. The van der Waals surface area contributed by atoms with Crippen LogP contribution in [0.1, 0.15) is 17.2 Å². The molecule has 0 amide bonds. The average molecular weight is 351 g/mol. The summed E-state index contributed by atoms with van der Waals surface area (Å²) in [5, 5.41) is 12.9. The van der Waals surface area contributed by atoms with Gasteiger partial charge in [-0.1, -0.05) is 24.3 Å². The summed E-state index contributed by atoms with van der Waals surface area (Å²) in [6, 6.07) is 13.8. The maximum absolute atomic E-state index is 14.3. The molecule has 0 aliphatic carbocycles. The molecule has 4 aromatic rings. The Hall–Kier alpha value is -2.76. The lowest BCUT2D eigenvalue weighted by Gasteiger charge is -2.13. The van der Waals surface area contributed by atoms with E-state index in [-0.39, 0.29) is 0 Å². The molecule has 0 saturated heterocycles. The summed E-state index contributed by atoms with van der Waals surface area (Å²) >= 11 is 1.54. The third-order valence-corrected chi connectivity index (χ3v) is 4.91. The van der Waals surface area contributed by atoms with Gasteiger partial charge in [0.15, 0.2) is 0 Å². The van der Waals surface area contributed by atoms with Crippen LogP contribution in [-0.4, -0.2) is 10.1 Å². The van der Waals surface area contributed by atoms with E-state index in [1.54, 1.807) is 49.0 Å². The largest absolute Gasteiger partial charge is 0.463 e. The fraction of sp³-hybridized carbons (Fsp3) is 0.0500. The van der Waals surface area contributed by atoms with Crippen molar-refractivity contribution < 1.29 is 13.9 Å². The first-order valence-corrected chi connectivity index (χ1v) is 8.62. The summed E-state index contributed by atoms with van der Waals surface area (Å²) in [7, 11) is 0. The Kier molecular flexibility index (Phi) is 4.17. The van der Waals surface area contributed by atoms with Crippen LogP contribution < -0.4 is 0 Å². The van der Waals surface area contributed by atoms with E-state index < -0.39 is 11.9 Å². The highest BCUT2D eigenvalue weighted by atomic mass is 32.1. The molecular formula is C20H14FNO2S. The molecule has 0 aliphatic rings. The number of aliphatic hydroxyl groups is 1. The number of aromatic nitrogens is 1. The highest BCUT2D eigenvalue weighted by Gasteiger charge is 2.26. The summed E-state index contributed by atoms with van der Waals surface area (Å²) in [5.41, 5.74) is 2.24. The zero-order valence-electron chi connectivity index (χ0n) is 13.1. The van der Waals surface area contributed by atoms with Gasteiger partial charge in [-0.25, -0.2) is 4.39 Å². The van der Waals surface area contributed by atoms with Gasteiger partial charge in [-0.05, 0) is 29.6 Å². The van der Waals surface area contributed by atoms with Gasteiger partial charge >= 0.3 is 0 Å². The lowest BCUT2D eigenvalue weighted by Crippen LogP contribution is -2.02. The molecule has 1 unspecified atom stereocenters. The number of hydrogen-bond acceptors (Lipinski definition) is 4. The minimum absolute atomic E-state index is 0.322. The van der Waals surface area contributed by atoms with Crippen LogP contribution in [0.15, 0.2) is 77.0 Å². The summed E-state index contributed by atoms with van der Waals surface area (Å²) in [6.45, 7) is 0. The molecule has 1 atom stereocenters. The number of aliphatic hydroxyl groups excluding tert-OH is 1. The number of hydrogen-bond donors (Lipinski definition) is 1. The molecule has 124 valence electrons. The molecule has 0 bridgehead atoms. The van der Waals surface area contributed by atoms with Crippen molar-refractivity contribution >= 4 is 11.3 Å². The molecule has 4 rings (SSSR count). The first-order chi connectivity index (χ1) is 12.3. The van der Waals surface area contributed by atoms with Crippen LogP contribution in [-0.2, 0) is 0 Å². The van der Waals surface area contributed by atoms with Gasteiger partial charge in [0.1, 0.15) is 23.9 Å². The van der Waals surface area contributed by atoms with Crippen molar-refractivity contribution in [1.82, 2.24) is 4.98 Å². The molecule has 0 aliphatic heterocycles. The van der Waals surface area contributed by atoms with Gasteiger partial charge in [0, 0.05) is 34.0 Å². The van der Waals surface area contributed by atoms with Gasteiger partial charge in [0.25, 0.3) is 0 Å². The monoisotopic (exact) mass is 351 g/mol. The standard InChI is InChI=1S/C20H14FNO2S/c21-16-7-2-1-6-14(16)20-18(19(23)13-5-3-9-22-11-13)15(12-24-20)17-8-4-10-25-17/h1-12,19,23H. The van der Waals surface area contributed by atoms with E-state index in [0.717, 1.165) is 10.4 Å². The zero-order chi connectivity index (χ0) is 17.2. The summed E-state index contributed by atoms with van der Waals surface area (Å²) in [4.78, 5) is 5.01. The second-order valence-corrected chi connectivity index (χ2v) is 6.49. The maximum Gasteiger partial charge on any atom is 0.143 e. The van der Waals surface area contributed by atoms with E-state index in [4.69, 9.17) is 4.42 Å². The molecule has 0 radical (unpaired) electrons. The lowest BCUT2D eigenvalue weighted by atomic mass is 9.95. The Morgan fingerprint density at radius 2 is 1.92 bits per heavy atom. The van der Waals surface area contributed by atoms with E-state index in [2.05, 4.69) is 4.98 Å². The van der Waals surface area contributed by atoms with E-state index >= 15 is 0 Å². The van der Waals surface area contributed by atoms with Crippen molar-refractivity contribution in [2.45, 2.75) is 6.10 Å². The van der Waals surface area contributed by atoms with Crippen molar-refractivity contribution in [2.24, 2.45) is 0 Å². The lowest BCUT2D eigenvalue weighted by molar-refractivity contribution is 0.220. The molecule has 1 N–H and O–H groups in total. The highest BCUT2D eigenvalue weighted by molar-refractivity contribution is 7.13. The van der Waals surface area contributed by atoms with Crippen LogP contribution in [0, 0.1) is 5.82 Å². The Morgan fingerprint density at radius 1 is 1.04 bits per heavy atom. The Morgan fingerprint density at radius 3 is 2.64 bits per heavy atom. The highest BCUT2D eigenvalue weighted by Crippen LogP contribution is 2.42. The van der Waals surface area contributed by atoms with E-state index in [0.29, 0.717) is 22.5 Å². The number of furan rings is 1. The maximum atomic E-state index is 14.3. The van der Waals surface area contributed by atoms with E-state index in [1.807, 2.05) is 17.5 Å². The molecule has 0 spiro atoms. The predicted octanol–water partition coefficient (Wildman–Crippen LogP) is 5.29. The Labute approximate surface area is 148 Å². The second kappa shape index (κ2) is 6.63. The Bertz CT molecular complexity index is 980. The number of benzene rings is 1. The molecule has 3 aromatic heterocycles. The number of pyridine rings is 1. The van der Waals surface area contributed by atoms with Gasteiger partial charge < -0.3 is 9.52 Å². The third-order valence-electron chi connectivity index (χ3n) is 4.01. The van der Waals surface area contributed by atoms with E-state index in [1.165, 1.54) is 17.4 Å². The van der Waals surface area contributed by atoms with Crippen LogP contribution in [0.3, 0.4) is 0 Å². The number of rotatable bonds is 4. The topological polar surface area (TPSA) is 46.3 Å². The molecule has 5 heteroatoms. The molecule has 0 fully saturated rings. The molecule has 3 nitrogen and oxygen atoms in total. The Balaban J connectivity index is 1.93. The van der Waals surface area contributed by atoms with Crippen molar-refractivity contribution in [2.75, 3.05) is 0 Å². The van der Waals surface area contributed by atoms with Crippen molar-refractivity contribution in [3.8, 4) is 21.8 Å². The first-order valence-electron chi connectivity index (χ1n) is 7.74. The van der Waals surface area contributed by atoms with Crippen molar-refractivity contribution in [1.29, 1.82) is 0 Å². The van der Waals surface area contributed by atoms with Gasteiger partial charge in [-0.2, -0.15) is 0 Å². The number of thiophene rings is 1. The quantitative estimate of drug-likeness (QED) is 0.543. The van der Waals surface area contributed by atoms with Crippen molar-refractivity contribution in [3.63, 3.8) is 0 Å². The van der Waals surface area contributed by atoms with Crippen molar-refractivity contribution in [3.05, 3.63) is 89.5 Å². The summed E-state index contributed by atoms with van der Waals surface area (Å²) in [6.07, 6.45) is 3.84. The SMILES string of the molecule is OC(c1cccnc1)c1c(-c2cccs2)coc1-c1ccccc1F. The predicted molar refractivity (Wildman–Crippen MR) is 95.7 cm³/mol. The van der Waals surface area contributed by atoms with Crippen LogP contribution in [0.2, 0.25) is 0 Å². The smallest absolute Gasteiger partial charge is 0.143 e. The van der Waals surface area contributed by atoms with Gasteiger partial charge in [-0.15, -0.1) is 11.3 Å². The normalized spacial score (nSPS) is 12.2. The van der Waals surface area contributed by atoms with Gasteiger partial charge in [-0.3, -0.25) is 4.98 Å². The molecule has 1 aromatic carbocycles. The molecule has 3 heterocycles. The van der Waals surface area contributed by atoms with Crippen LogP contribution >= 0.6 is 11.3 Å². The minimum Gasteiger partial charge on any atom is -0.463 e. The average Bonchev–Trinajstić information content (AvgIpc) is 3.31. The first kappa shape index (κ1) is 15.7. The molecule has 0 saturated carbocycles. The minimum atomic E-state index is -0.973. The van der Waals surface area contributed by atoms with Crippen LogP contribution in [0.5, 0.6) is 0 Å². The van der Waals surface area contributed by atoms with Crippen LogP contribution in [0.25, 0.3) is 21.8 Å². The van der Waals surface area contributed by atoms with Gasteiger partial charge in [0.2, 0.25) is 0 Å². The van der Waals surface area contributed by atoms with Crippen LogP contribution in [0.4, 0.5) is 4.39 Å². The molecular weight excluding hydrogens is 337 g/mol. The van der Waals surface area contributed by atoms with E-state index in [9.17, 15) is 9.50 Å². The second-order valence-electron chi connectivity index (χ2n) is 5.54. The number of halogens is 1. The fourth-order valence-corrected chi connectivity index (χ4v) is 3.57. The molecule has 25 heavy (non-hydrogen) atoms. The zero-order valence-corrected chi connectivity index (χ0v) is 13.9. The number of nitrogens with zero attached hydrogens (tertiary/aromatic N) is 1. The van der Waals surface area contributed by atoms with Gasteiger partial charge in [0.05, 0.1) is 5.56 Å². The summed E-state index contributed by atoms with van der Waals surface area (Å²) in [5.74, 6) is -0.0629. The fourth-order valence-electron chi connectivity index (χ4n) is 2.82.